The number of amides is 2. The summed E-state index contributed by atoms with van der Waals surface area (Å²) in [7, 11) is -4.25. The molecule has 0 saturated heterocycles. The van der Waals surface area contributed by atoms with Crippen LogP contribution in [0.3, 0.4) is 0 Å². The number of halogens is 2. The third kappa shape index (κ3) is 9.12. The van der Waals surface area contributed by atoms with Gasteiger partial charge in [0.1, 0.15) is 12.6 Å². The zero-order valence-electron chi connectivity index (χ0n) is 26.4. The van der Waals surface area contributed by atoms with Gasteiger partial charge < -0.3 is 10.2 Å². The van der Waals surface area contributed by atoms with Crippen molar-refractivity contribution in [2.45, 2.75) is 51.6 Å². The van der Waals surface area contributed by atoms with E-state index in [0.717, 1.165) is 26.6 Å². The molecule has 46 heavy (non-hydrogen) atoms. The molecule has 1 unspecified atom stereocenters. The molecule has 0 aliphatic carbocycles. The van der Waals surface area contributed by atoms with Crippen molar-refractivity contribution in [1.82, 2.24) is 10.2 Å². The Labute approximate surface area is 282 Å². The molecule has 1 N–H and O–H groups in total. The van der Waals surface area contributed by atoms with Gasteiger partial charge in [-0.2, -0.15) is 0 Å². The van der Waals surface area contributed by atoms with Crippen LogP contribution in [-0.2, 0) is 32.6 Å². The van der Waals surface area contributed by atoms with Crippen LogP contribution in [0, 0.1) is 19.8 Å². The average molecular weight is 681 g/mol. The minimum atomic E-state index is -4.25. The molecule has 10 heteroatoms. The number of carbonyl (C=O) groups is 2. The molecule has 0 radical (unpaired) electrons. The summed E-state index contributed by atoms with van der Waals surface area (Å²) in [6, 6.07) is 27.0. The molecule has 0 fully saturated rings. The first-order chi connectivity index (χ1) is 21.8. The van der Waals surface area contributed by atoms with E-state index in [1.165, 1.54) is 35.2 Å². The van der Waals surface area contributed by atoms with Gasteiger partial charge in [0.25, 0.3) is 10.0 Å². The van der Waals surface area contributed by atoms with Gasteiger partial charge in [0.15, 0.2) is 0 Å². The summed E-state index contributed by atoms with van der Waals surface area (Å²) in [4.78, 5) is 29.9. The molecule has 0 aliphatic heterocycles. The first-order valence-electron chi connectivity index (χ1n) is 15.1. The summed E-state index contributed by atoms with van der Waals surface area (Å²) < 4.78 is 29.4. The maximum atomic E-state index is 14.5. The number of benzene rings is 4. The van der Waals surface area contributed by atoms with E-state index in [4.69, 9.17) is 23.2 Å². The van der Waals surface area contributed by atoms with Crippen molar-refractivity contribution in [2.24, 2.45) is 5.92 Å². The van der Waals surface area contributed by atoms with Crippen molar-refractivity contribution in [1.29, 1.82) is 0 Å². The number of aryl methyl sites for hydroxylation is 2. The number of sulfonamides is 1. The van der Waals surface area contributed by atoms with Crippen LogP contribution in [0.4, 0.5) is 5.69 Å². The zero-order chi connectivity index (χ0) is 33.4. The fourth-order valence-corrected chi connectivity index (χ4v) is 6.57. The summed E-state index contributed by atoms with van der Waals surface area (Å²) in [5.74, 6) is -0.684. The standard InChI is InChI=1S/C36H39Cl2N3O4S/c1-25(2)22-39-36(43)34(20-28-8-6-5-7-9-28)40(23-29-14-10-26(3)11-15-29)35(42)24-41(30-16-19-32(37)33(38)21-30)46(44,45)31-17-12-27(4)13-18-31/h5-19,21,25,34H,20,22-24H2,1-4H3,(H,39,43). The van der Waals surface area contributed by atoms with E-state index < -0.39 is 28.5 Å². The number of nitrogens with zero attached hydrogens (tertiary/aromatic N) is 2. The molecule has 0 aliphatic rings. The minimum absolute atomic E-state index is 0.0116. The van der Waals surface area contributed by atoms with Crippen LogP contribution >= 0.6 is 23.2 Å². The molecule has 4 aromatic carbocycles. The van der Waals surface area contributed by atoms with Gasteiger partial charge in [-0.05, 0) is 61.2 Å². The number of hydrogen-bond donors (Lipinski definition) is 1. The topological polar surface area (TPSA) is 86.8 Å². The predicted molar refractivity (Wildman–Crippen MR) is 186 cm³/mol. The molecule has 0 heterocycles. The van der Waals surface area contributed by atoms with Crippen molar-refractivity contribution in [3.8, 4) is 0 Å². The van der Waals surface area contributed by atoms with Gasteiger partial charge >= 0.3 is 0 Å². The fraction of sp³-hybridized carbons (Fsp3) is 0.278. The van der Waals surface area contributed by atoms with Crippen LogP contribution in [0.2, 0.25) is 10.0 Å². The highest BCUT2D eigenvalue weighted by Crippen LogP contribution is 2.31. The van der Waals surface area contributed by atoms with Gasteiger partial charge in [0.05, 0.1) is 20.6 Å². The Bertz CT molecular complexity index is 1750. The van der Waals surface area contributed by atoms with Gasteiger partial charge in [-0.3, -0.25) is 13.9 Å². The molecule has 242 valence electrons. The van der Waals surface area contributed by atoms with Gasteiger partial charge in [0.2, 0.25) is 11.8 Å². The molecule has 1 atom stereocenters. The maximum Gasteiger partial charge on any atom is 0.264 e. The van der Waals surface area contributed by atoms with Gasteiger partial charge in [-0.15, -0.1) is 0 Å². The zero-order valence-corrected chi connectivity index (χ0v) is 28.7. The SMILES string of the molecule is Cc1ccc(CN(C(=O)CN(c2ccc(Cl)c(Cl)c2)S(=O)(=O)c2ccc(C)cc2)C(Cc2ccccc2)C(=O)NCC(C)C)cc1. The summed E-state index contributed by atoms with van der Waals surface area (Å²) in [6.45, 7) is 7.74. The van der Waals surface area contributed by atoms with Gasteiger partial charge in [0, 0.05) is 19.5 Å². The molecule has 4 rings (SSSR count). The molecular weight excluding hydrogens is 641 g/mol. The Morgan fingerprint density at radius 2 is 1.39 bits per heavy atom. The van der Waals surface area contributed by atoms with Crippen LogP contribution in [0.1, 0.15) is 36.1 Å². The molecular formula is C36H39Cl2N3O4S. The van der Waals surface area contributed by atoms with Crippen molar-refractivity contribution < 1.29 is 18.0 Å². The summed E-state index contributed by atoms with van der Waals surface area (Å²) in [5, 5.41) is 3.38. The van der Waals surface area contributed by atoms with Crippen LogP contribution < -0.4 is 9.62 Å². The first-order valence-corrected chi connectivity index (χ1v) is 17.3. The number of carbonyl (C=O) groups excluding carboxylic acids is 2. The van der Waals surface area contributed by atoms with E-state index in [1.807, 2.05) is 82.3 Å². The van der Waals surface area contributed by atoms with E-state index in [-0.39, 0.29) is 45.4 Å². The third-order valence-electron chi connectivity index (χ3n) is 7.51. The van der Waals surface area contributed by atoms with Gasteiger partial charge in [-0.25, -0.2) is 8.42 Å². The second-order valence-corrected chi connectivity index (χ2v) is 14.5. The summed E-state index contributed by atoms with van der Waals surface area (Å²) in [6.07, 6.45) is 0.236. The number of rotatable bonds is 13. The Morgan fingerprint density at radius 3 is 1.98 bits per heavy atom. The lowest BCUT2D eigenvalue weighted by molar-refractivity contribution is -0.140. The Hall–Kier alpha value is -3.85. The Kier molecular flexibility index (Phi) is 11.9. The van der Waals surface area contributed by atoms with Crippen molar-refractivity contribution in [3.63, 3.8) is 0 Å². The Balaban J connectivity index is 1.81. The highest BCUT2D eigenvalue weighted by atomic mass is 35.5. The van der Waals surface area contributed by atoms with Crippen molar-refractivity contribution in [3.05, 3.63) is 129 Å². The molecule has 0 aromatic heterocycles. The monoisotopic (exact) mass is 679 g/mol. The molecule has 7 nitrogen and oxygen atoms in total. The Morgan fingerprint density at radius 1 is 0.783 bits per heavy atom. The van der Waals surface area contributed by atoms with E-state index in [1.54, 1.807) is 12.1 Å². The van der Waals surface area contributed by atoms with Crippen LogP contribution in [-0.4, -0.2) is 44.3 Å². The highest BCUT2D eigenvalue weighted by Gasteiger charge is 2.35. The van der Waals surface area contributed by atoms with Crippen LogP contribution in [0.25, 0.3) is 0 Å². The lowest BCUT2D eigenvalue weighted by atomic mass is 10.0. The second kappa shape index (κ2) is 15.6. The smallest absolute Gasteiger partial charge is 0.264 e. The molecule has 0 spiro atoms. The largest absolute Gasteiger partial charge is 0.354 e. The van der Waals surface area contributed by atoms with Crippen LogP contribution in [0.5, 0.6) is 0 Å². The number of anilines is 1. The van der Waals surface area contributed by atoms with E-state index in [2.05, 4.69) is 5.32 Å². The number of hydrogen-bond acceptors (Lipinski definition) is 4. The maximum absolute atomic E-state index is 14.5. The average Bonchev–Trinajstić information content (AvgIpc) is 3.03. The van der Waals surface area contributed by atoms with E-state index in [0.29, 0.717) is 6.54 Å². The lowest BCUT2D eigenvalue weighted by Crippen LogP contribution is -2.53. The second-order valence-electron chi connectivity index (χ2n) is 11.8. The van der Waals surface area contributed by atoms with Crippen molar-refractivity contribution in [2.75, 3.05) is 17.4 Å². The first kappa shape index (κ1) is 35.0. The molecule has 4 aromatic rings. The summed E-state index contributed by atoms with van der Waals surface area (Å²) >= 11 is 12.5. The highest BCUT2D eigenvalue weighted by molar-refractivity contribution is 7.92. The third-order valence-corrected chi connectivity index (χ3v) is 10.0. The normalized spacial score (nSPS) is 12.1. The van der Waals surface area contributed by atoms with Crippen LogP contribution in [0.15, 0.2) is 102 Å². The predicted octanol–water partition coefficient (Wildman–Crippen LogP) is 7.22. The molecule has 0 bridgehead atoms. The minimum Gasteiger partial charge on any atom is -0.354 e. The summed E-state index contributed by atoms with van der Waals surface area (Å²) in [5.41, 5.74) is 3.77. The van der Waals surface area contributed by atoms with Crippen molar-refractivity contribution >= 4 is 50.7 Å². The quantitative estimate of drug-likeness (QED) is 0.162. The fourth-order valence-electron chi connectivity index (χ4n) is 4.87. The van der Waals surface area contributed by atoms with E-state index in [9.17, 15) is 18.0 Å². The number of nitrogens with one attached hydrogen (secondary N) is 1. The molecule has 0 saturated carbocycles. The lowest BCUT2D eigenvalue weighted by Gasteiger charge is -2.34. The van der Waals surface area contributed by atoms with Gasteiger partial charge in [-0.1, -0.05) is 115 Å². The van der Waals surface area contributed by atoms with E-state index >= 15 is 0 Å². The molecule has 2 amide bonds.